The molecule has 5 heteroatoms. The van der Waals surface area contributed by atoms with Crippen LogP contribution >= 0.6 is 0 Å². The molecular formula is C18H26N2O3. The van der Waals surface area contributed by atoms with E-state index in [1.807, 2.05) is 24.3 Å². The number of amides is 2. The molecule has 0 atom stereocenters. The third-order valence-corrected chi connectivity index (χ3v) is 4.19. The van der Waals surface area contributed by atoms with Gasteiger partial charge in [-0.25, -0.2) is 4.79 Å². The third kappa shape index (κ3) is 5.28. The summed E-state index contributed by atoms with van der Waals surface area (Å²) < 4.78 is 5.15. The van der Waals surface area contributed by atoms with Crippen LogP contribution in [-0.4, -0.2) is 41.8 Å². The second kappa shape index (κ2) is 8.58. The maximum absolute atomic E-state index is 12.5. The number of benzene rings is 1. The molecule has 1 fully saturated rings. The van der Waals surface area contributed by atoms with Crippen LogP contribution < -0.4 is 10.1 Å². The van der Waals surface area contributed by atoms with E-state index >= 15 is 0 Å². The zero-order valence-electron chi connectivity index (χ0n) is 13.7. The number of ether oxygens (including phenoxy) is 1. The molecule has 126 valence electrons. The summed E-state index contributed by atoms with van der Waals surface area (Å²) in [6.07, 6.45) is 4.69. The van der Waals surface area contributed by atoms with E-state index in [-0.39, 0.29) is 18.2 Å². The van der Waals surface area contributed by atoms with Gasteiger partial charge in [-0.2, -0.15) is 0 Å². The lowest BCUT2D eigenvalue weighted by atomic mass is 9.93. The number of urea groups is 1. The molecule has 1 aromatic carbocycles. The van der Waals surface area contributed by atoms with Crippen molar-refractivity contribution in [3.63, 3.8) is 0 Å². The molecular weight excluding hydrogens is 292 g/mol. The molecule has 2 rings (SSSR count). The average Bonchev–Trinajstić information content (AvgIpc) is 2.57. The van der Waals surface area contributed by atoms with E-state index in [1.165, 1.54) is 0 Å². The molecule has 0 unspecified atom stereocenters. The fraction of sp³-hybridized carbons (Fsp3) is 0.500. The number of aliphatic hydroxyl groups is 1. The van der Waals surface area contributed by atoms with Crippen molar-refractivity contribution in [1.82, 2.24) is 10.2 Å². The van der Waals surface area contributed by atoms with Crippen LogP contribution in [0.1, 0.15) is 31.2 Å². The van der Waals surface area contributed by atoms with E-state index in [4.69, 9.17) is 4.74 Å². The molecule has 0 heterocycles. The first-order valence-corrected chi connectivity index (χ1v) is 8.09. The number of nitrogens with one attached hydrogen (secondary N) is 1. The monoisotopic (exact) mass is 318 g/mol. The number of rotatable bonds is 6. The van der Waals surface area contributed by atoms with E-state index in [0.29, 0.717) is 13.1 Å². The lowest BCUT2D eigenvalue weighted by Gasteiger charge is -2.29. The summed E-state index contributed by atoms with van der Waals surface area (Å²) in [4.78, 5) is 14.2. The first-order chi connectivity index (χ1) is 11.1. The molecule has 0 radical (unpaired) electrons. The van der Waals surface area contributed by atoms with Gasteiger partial charge in [-0.05, 0) is 43.4 Å². The number of hydrogen-bond donors (Lipinski definition) is 2. The smallest absolute Gasteiger partial charge is 0.318 e. The van der Waals surface area contributed by atoms with Gasteiger partial charge in [-0.3, -0.25) is 0 Å². The van der Waals surface area contributed by atoms with Gasteiger partial charge in [0.2, 0.25) is 0 Å². The van der Waals surface area contributed by atoms with Crippen LogP contribution in [0.4, 0.5) is 4.79 Å². The molecule has 1 saturated carbocycles. The Hall–Kier alpha value is -2.01. The third-order valence-electron chi connectivity index (χ3n) is 4.19. The van der Waals surface area contributed by atoms with E-state index < -0.39 is 0 Å². The van der Waals surface area contributed by atoms with Crippen LogP contribution in [0, 0.1) is 0 Å². The Morgan fingerprint density at radius 2 is 2.00 bits per heavy atom. The molecule has 2 amide bonds. The number of aliphatic hydroxyl groups excluding tert-OH is 1. The normalized spacial score (nSPS) is 20.6. The van der Waals surface area contributed by atoms with Crippen molar-refractivity contribution in [2.45, 2.75) is 44.4 Å². The topological polar surface area (TPSA) is 61.8 Å². The van der Waals surface area contributed by atoms with Crippen molar-refractivity contribution in [3.05, 3.63) is 42.5 Å². The molecule has 23 heavy (non-hydrogen) atoms. The molecule has 1 aliphatic carbocycles. The van der Waals surface area contributed by atoms with E-state index in [1.54, 1.807) is 18.1 Å². The first-order valence-electron chi connectivity index (χ1n) is 8.09. The maximum Gasteiger partial charge on any atom is 0.318 e. The highest BCUT2D eigenvalue weighted by Crippen LogP contribution is 2.19. The van der Waals surface area contributed by atoms with Crippen LogP contribution in [-0.2, 0) is 6.54 Å². The molecule has 0 bridgehead atoms. The summed E-state index contributed by atoms with van der Waals surface area (Å²) >= 11 is 0. The van der Waals surface area contributed by atoms with Crippen molar-refractivity contribution in [3.8, 4) is 5.75 Å². The summed E-state index contributed by atoms with van der Waals surface area (Å²) in [6, 6.07) is 7.76. The quantitative estimate of drug-likeness (QED) is 0.793. The van der Waals surface area contributed by atoms with Gasteiger partial charge in [0.25, 0.3) is 0 Å². The Morgan fingerprint density at radius 1 is 1.35 bits per heavy atom. The fourth-order valence-corrected chi connectivity index (χ4v) is 2.81. The van der Waals surface area contributed by atoms with Crippen LogP contribution in [0.3, 0.4) is 0 Å². The highest BCUT2D eigenvalue weighted by Gasteiger charge is 2.22. The van der Waals surface area contributed by atoms with Crippen molar-refractivity contribution in [1.29, 1.82) is 0 Å². The summed E-state index contributed by atoms with van der Waals surface area (Å²) in [7, 11) is 1.63. The van der Waals surface area contributed by atoms with Crippen molar-refractivity contribution < 1.29 is 14.6 Å². The molecule has 0 aliphatic heterocycles. The molecule has 0 spiro atoms. The fourth-order valence-electron chi connectivity index (χ4n) is 2.81. The van der Waals surface area contributed by atoms with Crippen LogP contribution in [0.15, 0.2) is 36.9 Å². The minimum Gasteiger partial charge on any atom is -0.497 e. The minimum absolute atomic E-state index is 0.0814. The predicted molar refractivity (Wildman–Crippen MR) is 90.4 cm³/mol. The highest BCUT2D eigenvalue weighted by atomic mass is 16.5. The molecule has 0 aromatic heterocycles. The Labute approximate surface area is 137 Å². The number of methoxy groups -OCH3 is 1. The Bertz CT molecular complexity index is 508. The molecule has 2 N–H and O–H groups in total. The Morgan fingerprint density at radius 3 is 2.57 bits per heavy atom. The van der Waals surface area contributed by atoms with Crippen LogP contribution in [0.2, 0.25) is 0 Å². The predicted octanol–water partition coefficient (Wildman–Crippen LogP) is 2.70. The highest BCUT2D eigenvalue weighted by molar-refractivity contribution is 5.74. The zero-order chi connectivity index (χ0) is 16.7. The number of hydrogen-bond acceptors (Lipinski definition) is 3. The van der Waals surface area contributed by atoms with E-state index in [2.05, 4.69) is 11.9 Å². The van der Waals surface area contributed by atoms with Gasteiger partial charge in [0.15, 0.2) is 0 Å². The van der Waals surface area contributed by atoms with Crippen molar-refractivity contribution >= 4 is 6.03 Å². The lowest BCUT2D eigenvalue weighted by Crippen LogP contribution is -2.46. The maximum atomic E-state index is 12.5. The molecule has 1 aromatic rings. The van der Waals surface area contributed by atoms with Gasteiger partial charge < -0.3 is 20.1 Å². The summed E-state index contributed by atoms with van der Waals surface area (Å²) in [5, 5.41) is 12.6. The molecule has 5 nitrogen and oxygen atoms in total. The Balaban J connectivity index is 1.93. The number of carbonyl (C=O) groups is 1. The van der Waals surface area contributed by atoms with Gasteiger partial charge in [0, 0.05) is 19.1 Å². The van der Waals surface area contributed by atoms with Crippen LogP contribution in [0.25, 0.3) is 0 Å². The second-order valence-corrected chi connectivity index (χ2v) is 5.97. The SMILES string of the molecule is C=CCN(Cc1ccc(OC)cc1)C(=O)NC1CCC(O)CC1. The van der Waals surface area contributed by atoms with E-state index in [0.717, 1.165) is 37.0 Å². The Kier molecular flexibility index (Phi) is 6.47. The van der Waals surface area contributed by atoms with Crippen molar-refractivity contribution in [2.24, 2.45) is 0 Å². The number of carbonyl (C=O) groups excluding carboxylic acids is 1. The average molecular weight is 318 g/mol. The zero-order valence-corrected chi connectivity index (χ0v) is 13.7. The van der Waals surface area contributed by atoms with Gasteiger partial charge in [-0.1, -0.05) is 18.2 Å². The second-order valence-electron chi connectivity index (χ2n) is 5.97. The van der Waals surface area contributed by atoms with Gasteiger partial charge in [0.1, 0.15) is 5.75 Å². The van der Waals surface area contributed by atoms with Crippen LogP contribution in [0.5, 0.6) is 5.75 Å². The van der Waals surface area contributed by atoms with Gasteiger partial charge in [-0.15, -0.1) is 6.58 Å². The summed E-state index contributed by atoms with van der Waals surface area (Å²) in [5.74, 6) is 0.800. The largest absolute Gasteiger partial charge is 0.497 e. The lowest BCUT2D eigenvalue weighted by molar-refractivity contribution is 0.115. The molecule has 1 aliphatic rings. The number of nitrogens with zero attached hydrogens (tertiary/aromatic N) is 1. The minimum atomic E-state index is -0.216. The summed E-state index contributed by atoms with van der Waals surface area (Å²) in [6.45, 7) is 4.75. The standard InChI is InChI=1S/C18H26N2O3/c1-3-12-20(13-14-4-10-17(23-2)11-5-14)18(22)19-15-6-8-16(21)9-7-15/h3-5,10-11,15-16,21H,1,6-9,12-13H2,2H3,(H,19,22). The van der Waals surface area contributed by atoms with Gasteiger partial charge in [0.05, 0.1) is 13.2 Å². The first kappa shape index (κ1) is 17.3. The van der Waals surface area contributed by atoms with E-state index in [9.17, 15) is 9.90 Å². The molecule has 0 saturated heterocycles. The van der Waals surface area contributed by atoms with Gasteiger partial charge >= 0.3 is 6.03 Å². The summed E-state index contributed by atoms with van der Waals surface area (Å²) in [5.41, 5.74) is 1.04. The van der Waals surface area contributed by atoms with Crippen molar-refractivity contribution in [2.75, 3.05) is 13.7 Å².